The van der Waals surface area contributed by atoms with E-state index in [1.807, 2.05) is 9.80 Å². The minimum absolute atomic E-state index is 0.0532. The van der Waals surface area contributed by atoms with Crippen LogP contribution in [0, 0.1) is 17.2 Å². The molecule has 1 atom stereocenters. The van der Waals surface area contributed by atoms with E-state index in [1.165, 1.54) is 18.2 Å². The average molecular weight is 496 g/mol. The zero-order valence-electron chi connectivity index (χ0n) is 20.9. The number of aromatic carboxylic acids is 1. The molecule has 2 N–H and O–H groups in total. The monoisotopic (exact) mass is 495 g/mol. The maximum atomic E-state index is 13.7. The van der Waals surface area contributed by atoms with Crippen LogP contribution in [0.3, 0.4) is 0 Å². The van der Waals surface area contributed by atoms with Gasteiger partial charge in [-0.2, -0.15) is 0 Å². The van der Waals surface area contributed by atoms with E-state index >= 15 is 0 Å². The molecular weight excluding hydrogens is 461 g/mol. The molecule has 0 bridgehead atoms. The molecule has 2 aliphatic rings. The van der Waals surface area contributed by atoms with Crippen LogP contribution in [0.5, 0.6) is 0 Å². The molecule has 2 saturated heterocycles. The lowest BCUT2D eigenvalue weighted by molar-refractivity contribution is -0.139. The smallest absolute Gasteiger partial charge is 0.337 e. The van der Waals surface area contributed by atoms with Crippen molar-refractivity contribution < 1.29 is 23.9 Å². The third-order valence-electron chi connectivity index (χ3n) is 7.34. The number of carbonyl (C=O) groups excluding carboxylic acids is 2. The molecule has 1 spiro atoms. The van der Waals surface area contributed by atoms with E-state index in [2.05, 4.69) is 19.2 Å². The first-order valence-electron chi connectivity index (χ1n) is 12.6. The molecule has 0 aromatic heterocycles. The van der Waals surface area contributed by atoms with E-state index < -0.39 is 11.4 Å². The number of nitrogens with one attached hydrogen (secondary N) is 1. The minimum atomic E-state index is -1.09. The molecule has 2 aliphatic heterocycles. The standard InChI is InChI=1S/C28H34FN3O4/c1-19(2)17-32-22(15-20-7-9-21(29)10-8-20)16-28(27(32)36)11-13-31(14-12-28)18-25(33)30-24-6-4-3-5-23(24)26(34)35/h3-10,19,22H,11-18H2,1-2H3,(H,30,33)(H,34,35). The number of carboxylic acid groups (broad SMARTS) is 1. The Balaban J connectivity index is 1.39. The highest BCUT2D eigenvalue weighted by molar-refractivity contribution is 6.01. The van der Waals surface area contributed by atoms with E-state index in [0.717, 1.165) is 12.0 Å². The third-order valence-corrected chi connectivity index (χ3v) is 7.34. The van der Waals surface area contributed by atoms with Gasteiger partial charge in [0.05, 0.1) is 23.2 Å². The molecule has 2 aromatic rings. The van der Waals surface area contributed by atoms with Crippen molar-refractivity contribution in [1.29, 1.82) is 0 Å². The molecule has 2 amide bonds. The molecule has 2 fully saturated rings. The highest BCUT2D eigenvalue weighted by Crippen LogP contribution is 2.45. The Kier molecular flexibility index (Phi) is 7.73. The van der Waals surface area contributed by atoms with E-state index in [-0.39, 0.29) is 41.5 Å². The van der Waals surface area contributed by atoms with E-state index in [9.17, 15) is 23.9 Å². The molecule has 36 heavy (non-hydrogen) atoms. The van der Waals surface area contributed by atoms with Crippen LogP contribution in [-0.2, 0) is 16.0 Å². The number of hydrogen-bond acceptors (Lipinski definition) is 4. The Morgan fingerprint density at radius 3 is 2.42 bits per heavy atom. The second kappa shape index (κ2) is 10.8. The summed E-state index contributed by atoms with van der Waals surface area (Å²) in [6.45, 7) is 6.31. The Hall–Kier alpha value is -3.26. The van der Waals surface area contributed by atoms with Crippen molar-refractivity contribution >= 4 is 23.5 Å². The predicted octanol–water partition coefficient (Wildman–Crippen LogP) is 4.04. The van der Waals surface area contributed by atoms with Crippen LogP contribution >= 0.6 is 0 Å². The van der Waals surface area contributed by atoms with Crippen LogP contribution in [0.25, 0.3) is 0 Å². The number of rotatable bonds is 8. The zero-order chi connectivity index (χ0) is 25.9. The van der Waals surface area contributed by atoms with Crippen LogP contribution in [0.4, 0.5) is 10.1 Å². The molecule has 2 heterocycles. The second-order valence-electron chi connectivity index (χ2n) is 10.5. The fraction of sp³-hybridized carbons (Fsp3) is 0.464. The maximum absolute atomic E-state index is 13.7. The van der Waals surface area contributed by atoms with Gasteiger partial charge in [-0.05, 0) is 74.5 Å². The number of halogens is 1. The summed E-state index contributed by atoms with van der Waals surface area (Å²) in [5, 5.41) is 12.0. The summed E-state index contributed by atoms with van der Waals surface area (Å²) in [5.41, 5.74) is 0.929. The topological polar surface area (TPSA) is 90.0 Å². The van der Waals surface area contributed by atoms with Crippen LogP contribution in [0.1, 0.15) is 49.0 Å². The molecule has 0 saturated carbocycles. The van der Waals surface area contributed by atoms with Gasteiger partial charge < -0.3 is 15.3 Å². The van der Waals surface area contributed by atoms with E-state index in [1.54, 1.807) is 30.3 Å². The van der Waals surface area contributed by atoms with Crippen molar-refractivity contribution in [2.24, 2.45) is 11.3 Å². The summed E-state index contributed by atoms with van der Waals surface area (Å²) < 4.78 is 13.4. The summed E-state index contributed by atoms with van der Waals surface area (Å²) >= 11 is 0. The van der Waals surface area contributed by atoms with E-state index in [0.29, 0.717) is 44.8 Å². The van der Waals surface area contributed by atoms with Gasteiger partial charge in [0.25, 0.3) is 0 Å². The SMILES string of the molecule is CC(C)CN1C(=O)C2(CCN(CC(=O)Nc3ccccc3C(=O)O)CC2)CC1Cc1ccc(F)cc1. The molecule has 4 rings (SSSR count). The maximum Gasteiger partial charge on any atom is 0.337 e. The Morgan fingerprint density at radius 1 is 1.11 bits per heavy atom. The predicted molar refractivity (Wildman–Crippen MR) is 135 cm³/mol. The first kappa shape index (κ1) is 25.8. The van der Waals surface area contributed by atoms with Crippen LogP contribution in [0.2, 0.25) is 0 Å². The first-order chi connectivity index (χ1) is 17.2. The molecule has 7 nitrogen and oxygen atoms in total. The van der Waals surface area contributed by atoms with Gasteiger partial charge >= 0.3 is 5.97 Å². The number of benzene rings is 2. The number of anilines is 1. The highest BCUT2D eigenvalue weighted by atomic mass is 19.1. The number of carbonyl (C=O) groups is 3. The fourth-order valence-corrected chi connectivity index (χ4v) is 5.55. The summed E-state index contributed by atoms with van der Waals surface area (Å²) in [6.07, 6.45) is 2.83. The highest BCUT2D eigenvalue weighted by Gasteiger charge is 2.52. The van der Waals surface area contributed by atoms with Gasteiger partial charge in [0.2, 0.25) is 11.8 Å². The quantitative estimate of drug-likeness (QED) is 0.577. The molecule has 2 aromatic carbocycles. The van der Waals surface area contributed by atoms with Crippen LogP contribution < -0.4 is 5.32 Å². The summed E-state index contributed by atoms with van der Waals surface area (Å²) in [4.78, 5) is 41.7. The summed E-state index contributed by atoms with van der Waals surface area (Å²) in [6, 6.07) is 12.9. The Labute approximate surface area is 211 Å². The third kappa shape index (κ3) is 5.75. The largest absolute Gasteiger partial charge is 0.478 e. The molecule has 8 heteroatoms. The zero-order valence-corrected chi connectivity index (χ0v) is 20.9. The van der Waals surface area contributed by atoms with Crippen molar-refractivity contribution in [2.45, 2.75) is 45.6 Å². The van der Waals surface area contributed by atoms with E-state index in [4.69, 9.17) is 0 Å². The lowest BCUT2D eigenvalue weighted by Gasteiger charge is -2.37. The van der Waals surface area contributed by atoms with Crippen molar-refractivity contribution in [3.63, 3.8) is 0 Å². The van der Waals surface area contributed by atoms with Gasteiger partial charge in [0.15, 0.2) is 0 Å². The minimum Gasteiger partial charge on any atom is -0.478 e. The van der Waals surface area contributed by atoms with Crippen molar-refractivity contribution in [3.8, 4) is 0 Å². The number of piperidine rings is 1. The first-order valence-corrected chi connectivity index (χ1v) is 12.6. The normalized spacial score (nSPS) is 19.7. The number of nitrogens with zero attached hydrogens (tertiary/aromatic N) is 2. The van der Waals surface area contributed by atoms with Gasteiger partial charge in [0.1, 0.15) is 5.82 Å². The Morgan fingerprint density at radius 2 is 1.78 bits per heavy atom. The lowest BCUT2D eigenvalue weighted by Crippen LogP contribution is -2.47. The number of carboxylic acids is 1. The number of amides is 2. The summed E-state index contributed by atoms with van der Waals surface area (Å²) in [7, 11) is 0. The number of hydrogen-bond donors (Lipinski definition) is 2. The molecule has 0 radical (unpaired) electrons. The van der Waals surface area contributed by atoms with Crippen molar-refractivity contribution in [3.05, 3.63) is 65.5 Å². The van der Waals surface area contributed by atoms with Gasteiger partial charge in [0, 0.05) is 12.6 Å². The molecule has 0 aliphatic carbocycles. The summed E-state index contributed by atoms with van der Waals surface area (Å²) in [5.74, 6) is -1.08. The second-order valence-corrected chi connectivity index (χ2v) is 10.5. The van der Waals surface area contributed by atoms with Crippen LogP contribution in [0.15, 0.2) is 48.5 Å². The molecule has 192 valence electrons. The fourth-order valence-electron chi connectivity index (χ4n) is 5.55. The van der Waals surface area contributed by atoms with Crippen molar-refractivity contribution in [2.75, 3.05) is 31.5 Å². The molecular formula is C28H34FN3O4. The molecule has 1 unspecified atom stereocenters. The van der Waals surface area contributed by atoms with Crippen molar-refractivity contribution in [1.82, 2.24) is 9.80 Å². The van der Waals surface area contributed by atoms with Gasteiger partial charge in [-0.15, -0.1) is 0 Å². The lowest BCUT2D eigenvalue weighted by atomic mass is 9.75. The van der Waals surface area contributed by atoms with Gasteiger partial charge in [-0.3, -0.25) is 14.5 Å². The number of para-hydroxylation sites is 1. The Bertz CT molecular complexity index is 1110. The van der Waals surface area contributed by atoms with Gasteiger partial charge in [-0.25, -0.2) is 9.18 Å². The van der Waals surface area contributed by atoms with Crippen LogP contribution in [-0.4, -0.2) is 64.9 Å². The average Bonchev–Trinajstić information content (AvgIpc) is 3.07. The number of likely N-dealkylation sites (tertiary alicyclic amines) is 2. The van der Waals surface area contributed by atoms with Gasteiger partial charge in [-0.1, -0.05) is 38.1 Å².